The fourth-order valence-electron chi connectivity index (χ4n) is 2.11. The van der Waals surface area contributed by atoms with Gasteiger partial charge in [0.1, 0.15) is 0 Å². The summed E-state index contributed by atoms with van der Waals surface area (Å²) in [4.78, 5) is 4.86. The quantitative estimate of drug-likeness (QED) is 0.673. The van der Waals surface area contributed by atoms with Crippen LogP contribution >= 0.6 is 0 Å². The van der Waals surface area contributed by atoms with Crippen LogP contribution in [0, 0.1) is 0 Å². The number of hydrogen-bond donors (Lipinski definition) is 1. The Hall–Kier alpha value is -0.120. The van der Waals surface area contributed by atoms with E-state index in [9.17, 15) is 0 Å². The molecule has 1 aliphatic heterocycles. The lowest BCUT2D eigenvalue weighted by Crippen LogP contribution is -2.45. The minimum atomic E-state index is 0.694. The van der Waals surface area contributed by atoms with E-state index >= 15 is 0 Å². The summed E-state index contributed by atoms with van der Waals surface area (Å²) < 4.78 is 0. The molecule has 0 aromatic heterocycles. The predicted molar refractivity (Wildman–Crippen MR) is 61.2 cm³/mol. The van der Waals surface area contributed by atoms with Crippen LogP contribution < -0.4 is 5.73 Å². The van der Waals surface area contributed by atoms with Gasteiger partial charge in [-0.2, -0.15) is 0 Å². The molecule has 1 saturated heterocycles. The molecule has 1 heterocycles. The number of piperidine rings is 1. The third-order valence-corrected chi connectivity index (χ3v) is 3.30. The number of likely N-dealkylation sites (tertiary alicyclic amines) is 1. The van der Waals surface area contributed by atoms with Gasteiger partial charge in [0.05, 0.1) is 0 Å². The molecule has 1 aliphatic rings. The highest BCUT2D eigenvalue weighted by Crippen LogP contribution is 2.14. The molecule has 0 bridgehead atoms. The minimum absolute atomic E-state index is 0.694. The fraction of sp³-hybridized carbons (Fsp3) is 1.00. The standard InChI is InChI=1S/C11H25N3/c1-3-4-7-14-8-5-11(6-9-14)13(2)10-12/h11H,3-10,12H2,1-2H3. The predicted octanol–water partition coefficient (Wildman–Crippen LogP) is 1.10. The van der Waals surface area contributed by atoms with Gasteiger partial charge in [0.2, 0.25) is 0 Å². The first kappa shape index (κ1) is 12.0. The molecule has 0 aromatic carbocycles. The second-order valence-corrected chi connectivity index (χ2v) is 4.37. The van der Waals surface area contributed by atoms with Crippen molar-refractivity contribution < 1.29 is 0 Å². The second kappa shape index (κ2) is 6.38. The average molecular weight is 199 g/mol. The first-order valence-corrected chi connectivity index (χ1v) is 5.90. The van der Waals surface area contributed by atoms with Crippen molar-refractivity contribution in [3.05, 3.63) is 0 Å². The van der Waals surface area contributed by atoms with Gasteiger partial charge in [-0.05, 0) is 45.9 Å². The lowest BCUT2D eigenvalue weighted by Gasteiger charge is -2.36. The van der Waals surface area contributed by atoms with E-state index in [0.29, 0.717) is 6.67 Å². The summed E-state index contributed by atoms with van der Waals surface area (Å²) in [5, 5.41) is 0. The highest BCUT2D eigenvalue weighted by atomic mass is 15.2. The first-order valence-electron chi connectivity index (χ1n) is 5.90. The van der Waals surface area contributed by atoms with Gasteiger partial charge in [-0.3, -0.25) is 4.90 Å². The Morgan fingerprint density at radius 3 is 2.50 bits per heavy atom. The van der Waals surface area contributed by atoms with Crippen LogP contribution in [0.4, 0.5) is 0 Å². The van der Waals surface area contributed by atoms with E-state index in [0.717, 1.165) is 6.04 Å². The van der Waals surface area contributed by atoms with Crippen molar-refractivity contribution in [2.75, 3.05) is 33.4 Å². The van der Waals surface area contributed by atoms with Crippen molar-refractivity contribution in [1.29, 1.82) is 0 Å². The third kappa shape index (κ3) is 3.56. The molecular weight excluding hydrogens is 174 g/mol. The maximum Gasteiger partial charge on any atom is 0.0455 e. The molecule has 3 heteroatoms. The highest BCUT2D eigenvalue weighted by molar-refractivity contribution is 4.77. The molecule has 0 saturated carbocycles. The molecule has 0 aliphatic carbocycles. The molecule has 3 nitrogen and oxygen atoms in total. The summed E-state index contributed by atoms with van der Waals surface area (Å²) in [5.41, 5.74) is 5.63. The van der Waals surface area contributed by atoms with E-state index in [1.807, 2.05) is 0 Å². The SMILES string of the molecule is CCCCN1CCC(N(C)CN)CC1. The highest BCUT2D eigenvalue weighted by Gasteiger charge is 2.20. The van der Waals surface area contributed by atoms with Crippen LogP contribution in [0.25, 0.3) is 0 Å². The minimum Gasteiger partial charge on any atom is -0.318 e. The average Bonchev–Trinajstić information content (AvgIpc) is 2.26. The van der Waals surface area contributed by atoms with Gasteiger partial charge in [0.15, 0.2) is 0 Å². The number of rotatable bonds is 5. The Balaban J connectivity index is 2.17. The van der Waals surface area contributed by atoms with Crippen molar-refractivity contribution in [2.24, 2.45) is 5.73 Å². The Morgan fingerprint density at radius 1 is 1.36 bits per heavy atom. The van der Waals surface area contributed by atoms with E-state index in [2.05, 4.69) is 23.8 Å². The van der Waals surface area contributed by atoms with E-state index < -0.39 is 0 Å². The molecule has 0 atom stereocenters. The Bertz CT molecular complexity index is 141. The summed E-state index contributed by atoms with van der Waals surface area (Å²) >= 11 is 0. The van der Waals surface area contributed by atoms with Gasteiger partial charge >= 0.3 is 0 Å². The Kier molecular flexibility index (Phi) is 5.45. The monoisotopic (exact) mass is 199 g/mol. The van der Waals surface area contributed by atoms with Crippen LogP contribution in [0.5, 0.6) is 0 Å². The second-order valence-electron chi connectivity index (χ2n) is 4.37. The number of nitrogens with zero attached hydrogens (tertiary/aromatic N) is 2. The first-order chi connectivity index (χ1) is 6.77. The van der Waals surface area contributed by atoms with Crippen molar-refractivity contribution in [1.82, 2.24) is 9.80 Å². The molecule has 1 rings (SSSR count). The van der Waals surface area contributed by atoms with Crippen LogP contribution in [-0.4, -0.2) is 49.2 Å². The lowest BCUT2D eigenvalue weighted by molar-refractivity contribution is 0.129. The molecule has 0 spiro atoms. The molecule has 84 valence electrons. The number of unbranched alkanes of at least 4 members (excludes halogenated alkanes) is 1. The summed E-state index contributed by atoms with van der Waals surface area (Å²) in [5.74, 6) is 0. The fourth-order valence-corrected chi connectivity index (χ4v) is 2.11. The maximum atomic E-state index is 5.63. The van der Waals surface area contributed by atoms with Gasteiger partial charge in [0, 0.05) is 12.7 Å². The maximum absolute atomic E-state index is 5.63. The number of hydrogen-bond acceptors (Lipinski definition) is 3. The van der Waals surface area contributed by atoms with Crippen molar-refractivity contribution in [2.45, 2.75) is 38.6 Å². The normalized spacial score (nSPS) is 20.6. The summed E-state index contributed by atoms with van der Waals surface area (Å²) in [6, 6.07) is 0.720. The Labute approximate surface area is 88.2 Å². The number of nitrogens with two attached hydrogens (primary N) is 1. The summed E-state index contributed by atoms with van der Waals surface area (Å²) in [6.45, 7) is 6.76. The van der Waals surface area contributed by atoms with Crippen LogP contribution in [0.3, 0.4) is 0 Å². The topological polar surface area (TPSA) is 32.5 Å². The van der Waals surface area contributed by atoms with Crippen molar-refractivity contribution in [3.8, 4) is 0 Å². The molecule has 2 N–H and O–H groups in total. The molecule has 0 unspecified atom stereocenters. The van der Waals surface area contributed by atoms with Crippen LogP contribution in [0.1, 0.15) is 32.6 Å². The van der Waals surface area contributed by atoms with Gasteiger partial charge in [-0.15, -0.1) is 0 Å². The van der Waals surface area contributed by atoms with Crippen LogP contribution in [0.15, 0.2) is 0 Å². The van der Waals surface area contributed by atoms with Crippen LogP contribution in [-0.2, 0) is 0 Å². The molecular formula is C11H25N3. The van der Waals surface area contributed by atoms with Crippen molar-refractivity contribution in [3.63, 3.8) is 0 Å². The largest absolute Gasteiger partial charge is 0.318 e. The smallest absolute Gasteiger partial charge is 0.0455 e. The molecule has 0 amide bonds. The van der Waals surface area contributed by atoms with Crippen molar-refractivity contribution >= 4 is 0 Å². The summed E-state index contributed by atoms with van der Waals surface area (Å²) in [7, 11) is 2.13. The lowest BCUT2D eigenvalue weighted by atomic mass is 10.0. The zero-order valence-electron chi connectivity index (χ0n) is 9.71. The van der Waals surface area contributed by atoms with Crippen LogP contribution in [0.2, 0.25) is 0 Å². The Morgan fingerprint density at radius 2 is 2.00 bits per heavy atom. The zero-order chi connectivity index (χ0) is 10.4. The van der Waals surface area contributed by atoms with Gasteiger partial charge in [-0.1, -0.05) is 13.3 Å². The molecule has 14 heavy (non-hydrogen) atoms. The van der Waals surface area contributed by atoms with E-state index in [1.165, 1.54) is 45.3 Å². The van der Waals surface area contributed by atoms with E-state index in [1.54, 1.807) is 0 Å². The van der Waals surface area contributed by atoms with Gasteiger partial charge in [-0.25, -0.2) is 0 Å². The summed E-state index contributed by atoms with van der Waals surface area (Å²) in [6.07, 6.45) is 5.23. The molecule has 0 radical (unpaired) electrons. The molecule has 1 fully saturated rings. The zero-order valence-corrected chi connectivity index (χ0v) is 9.71. The van der Waals surface area contributed by atoms with E-state index in [-0.39, 0.29) is 0 Å². The third-order valence-electron chi connectivity index (χ3n) is 3.30. The van der Waals surface area contributed by atoms with Gasteiger partial charge < -0.3 is 10.6 Å². The van der Waals surface area contributed by atoms with E-state index in [4.69, 9.17) is 5.73 Å². The van der Waals surface area contributed by atoms with Gasteiger partial charge in [0.25, 0.3) is 0 Å². The molecule has 0 aromatic rings.